The minimum absolute atomic E-state index is 0.0622. The van der Waals surface area contributed by atoms with E-state index in [1.165, 1.54) is 0 Å². The molecule has 0 heterocycles. The topological polar surface area (TPSA) is 84.9 Å². The van der Waals surface area contributed by atoms with Crippen LogP contribution in [0, 0.1) is 5.92 Å². The highest BCUT2D eigenvalue weighted by molar-refractivity contribution is 7.47. The molecule has 7 nitrogen and oxygen atoms in total. The fraction of sp³-hybridized carbons (Fsp3) is 0.952. The van der Waals surface area contributed by atoms with E-state index in [1.807, 2.05) is 35.0 Å². The Morgan fingerprint density at radius 1 is 1.14 bits per heavy atom. The highest BCUT2D eigenvalue weighted by Crippen LogP contribution is 2.43. The van der Waals surface area contributed by atoms with Crippen LogP contribution < -0.4 is 5.32 Å². The summed E-state index contributed by atoms with van der Waals surface area (Å²) in [7, 11) is 1.64. The van der Waals surface area contributed by atoms with Crippen LogP contribution in [0.4, 0.5) is 0 Å². The Labute approximate surface area is 181 Å². The van der Waals surface area contributed by atoms with E-state index >= 15 is 0 Å². The molecule has 0 aliphatic carbocycles. The molecule has 0 rings (SSSR count). The van der Waals surface area contributed by atoms with Gasteiger partial charge in [-0.25, -0.2) is 4.57 Å². The molecule has 8 heteroatoms. The molecule has 1 unspecified atom stereocenters. The second-order valence-corrected chi connectivity index (χ2v) is 10.5. The summed E-state index contributed by atoms with van der Waals surface area (Å²) in [5.41, 5.74) is 0. The van der Waals surface area contributed by atoms with Crippen LogP contribution in [-0.4, -0.2) is 62.2 Å². The molecule has 0 fully saturated rings. The lowest BCUT2D eigenvalue weighted by molar-refractivity contribution is -0.870. The van der Waals surface area contributed by atoms with Crippen LogP contribution in [0.1, 0.15) is 81.3 Å². The number of phosphoric ester groups is 1. The first-order valence-corrected chi connectivity index (χ1v) is 12.3. The Morgan fingerprint density at radius 3 is 2.38 bits per heavy atom. The lowest BCUT2D eigenvalue weighted by Gasteiger charge is -2.25. The van der Waals surface area contributed by atoms with Crippen molar-refractivity contribution in [2.75, 3.05) is 40.9 Å². The maximum Gasteiger partial charge on any atom is 0.472 e. The van der Waals surface area contributed by atoms with Crippen LogP contribution in [0.3, 0.4) is 0 Å². The van der Waals surface area contributed by atoms with Gasteiger partial charge in [-0.15, -0.1) is 0 Å². The van der Waals surface area contributed by atoms with E-state index in [1.54, 1.807) is 0 Å². The normalized spacial score (nSPS) is 18.5. The zero-order valence-electron chi connectivity index (χ0n) is 21.4. The molecule has 1 amide bonds. The first kappa shape index (κ1) is 24.8. The van der Waals surface area contributed by atoms with E-state index in [4.69, 9.17) is 11.8 Å². The van der Waals surface area contributed by atoms with Gasteiger partial charge in [0.2, 0.25) is 5.91 Å². The molecule has 0 spiro atoms. The monoisotopic (exact) mass is 441 g/mol. The summed E-state index contributed by atoms with van der Waals surface area (Å²) < 4.78 is 39.1. The Morgan fingerprint density at radius 2 is 1.79 bits per heavy atom. The lowest BCUT2D eigenvalue weighted by Crippen LogP contribution is -2.39. The highest BCUT2D eigenvalue weighted by atomic mass is 31.2. The summed E-state index contributed by atoms with van der Waals surface area (Å²) >= 11 is 0. The van der Waals surface area contributed by atoms with E-state index in [2.05, 4.69) is 12.2 Å². The summed E-state index contributed by atoms with van der Waals surface area (Å²) in [5, 5.41) is 2.81. The number of phosphoric acid groups is 1. The molecular formula is C21H46N2O5P+. The van der Waals surface area contributed by atoms with Crippen molar-refractivity contribution in [1.82, 2.24) is 5.32 Å². The number of nitrogens with one attached hydrogen (secondary N) is 1. The summed E-state index contributed by atoms with van der Waals surface area (Å²) in [4.78, 5) is 22.3. The zero-order chi connectivity index (χ0) is 24.1. The number of carbonyl (C=O) groups excluding carboxylic acids is 1. The molecule has 0 saturated carbocycles. The van der Waals surface area contributed by atoms with Crippen molar-refractivity contribution in [1.29, 1.82) is 0 Å². The fourth-order valence-electron chi connectivity index (χ4n) is 2.67. The minimum Gasteiger partial charge on any atom is -0.351 e. The Bertz CT molecular complexity index is 546. The summed E-state index contributed by atoms with van der Waals surface area (Å²) in [6.07, 6.45) is 3.95. The standard InChI is InChI=1S/C21H45N2O5P/c1-7-8-9-10-11-12-13-14-21(24)22-20(17-19(2)3)18-28-29(25,26)27-16-15-23(4,5)6/h19-20H,7-18H2,1-6H3,(H-,22,24,25,26)/p+1/t20-/m0/s1/i12T,13T/t12-,13+,20+/m1. The average Bonchev–Trinajstić information content (AvgIpc) is 2.61. The number of quaternary nitrogens is 1. The molecule has 0 aliphatic heterocycles. The number of likely N-dealkylation sites (N-methyl/N-ethyl adjacent to an activating group) is 1. The van der Waals surface area contributed by atoms with Crippen molar-refractivity contribution in [3.05, 3.63) is 0 Å². The molecule has 29 heavy (non-hydrogen) atoms. The Hall–Kier alpha value is -0.460. The van der Waals surface area contributed by atoms with Crippen LogP contribution in [-0.2, 0) is 18.4 Å². The number of hydrogen-bond donors (Lipinski definition) is 2. The van der Waals surface area contributed by atoms with Crippen LogP contribution in [0.5, 0.6) is 0 Å². The minimum atomic E-state index is -4.21. The summed E-state index contributed by atoms with van der Waals surface area (Å²) in [5.74, 6) is -0.0980. The second kappa shape index (κ2) is 15.4. The van der Waals surface area contributed by atoms with Gasteiger partial charge in [-0.1, -0.05) is 59.3 Å². The Kier molecular flexibility index (Phi) is 13.1. The van der Waals surface area contributed by atoms with Crippen molar-refractivity contribution < 1.29 is 30.5 Å². The number of hydrogen-bond acceptors (Lipinski definition) is 4. The van der Waals surface area contributed by atoms with Crippen LogP contribution in [0.2, 0.25) is 0 Å². The maximum atomic E-state index is 12.4. The van der Waals surface area contributed by atoms with Gasteiger partial charge in [-0.05, 0) is 18.7 Å². The second-order valence-electron chi connectivity index (χ2n) is 9.03. The third-order valence-corrected chi connectivity index (χ3v) is 5.25. The maximum absolute atomic E-state index is 12.4. The molecule has 174 valence electrons. The van der Waals surface area contributed by atoms with Gasteiger partial charge in [-0.3, -0.25) is 13.8 Å². The van der Waals surface area contributed by atoms with E-state index in [0.29, 0.717) is 23.9 Å². The molecule has 0 aromatic carbocycles. The first-order chi connectivity index (χ1) is 14.3. The van der Waals surface area contributed by atoms with Crippen molar-refractivity contribution in [3.63, 3.8) is 0 Å². The van der Waals surface area contributed by atoms with Crippen molar-refractivity contribution >= 4 is 13.7 Å². The fourth-order valence-corrected chi connectivity index (χ4v) is 3.43. The van der Waals surface area contributed by atoms with E-state index in [9.17, 15) is 14.3 Å². The van der Waals surface area contributed by atoms with Gasteiger partial charge in [0.05, 0.1) is 33.8 Å². The van der Waals surface area contributed by atoms with Gasteiger partial charge in [0, 0.05) is 9.16 Å². The highest BCUT2D eigenvalue weighted by Gasteiger charge is 2.25. The first-order valence-electron chi connectivity index (χ1n) is 12.0. The smallest absolute Gasteiger partial charge is 0.351 e. The van der Waals surface area contributed by atoms with Gasteiger partial charge in [0.25, 0.3) is 0 Å². The number of unbranched alkanes of at least 4 members (excludes halogenated alkanes) is 3. The van der Waals surface area contributed by atoms with Crippen LogP contribution >= 0.6 is 7.82 Å². The zero-order valence-corrected chi connectivity index (χ0v) is 20.2. The molecule has 0 aromatic heterocycles. The predicted molar refractivity (Wildman–Crippen MR) is 119 cm³/mol. The SMILES string of the molecule is [3H][C@H](CCCCCC)[C@H]([3H])CC(=O)N[C@H](COP(=O)(O)OCC[N+](C)(C)C)CC(C)C. The molecule has 0 radical (unpaired) electrons. The van der Waals surface area contributed by atoms with Crippen LogP contribution in [0.25, 0.3) is 0 Å². The largest absolute Gasteiger partial charge is 0.472 e. The van der Waals surface area contributed by atoms with Gasteiger partial charge in [-0.2, -0.15) is 0 Å². The van der Waals surface area contributed by atoms with Gasteiger partial charge < -0.3 is 14.7 Å². The van der Waals surface area contributed by atoms with E-state index in [-0.39, 0.29) is 31.5 Å². The van der Waals surface area contributed by atoms with Crippen molar-refractivity contribution in [2.24, 2.45) is 5.92 Å². The molecule has 0 aromatic rings. The molecule has 0 bridgehead atoms. The van der Waals surface area contributed by atoms with Crippen molar-refractivity contribution in [3.8, 4) is 0 Å². The molecule has 4 atom stereocenters. The quantitative estimate of drug-likeness (QED) is 0.186. The summed E-state index contributed by atoms with van der Waals surface area (Å²) in [6, 6.07) is -0.462. The number of nitrogens with zero attached hydrogens (tertiary/aromatic N) is 1. The lowest BCUT2D eigenvalue weighted by atomic mass is 10.0. The summed E-state index contributed by atoms with van der Waals surface area (Å²) in [6.45, 7) is 6.59. The van der Waals surface area contributed by atoms with Crippen LogP contribution in [0.15, 0.2) is 0 Å². The number of rotatable bonds is 18. The van der Waals surface area contributed by atoms with E-state index < -0.39 is 26.7 Å². The predicted octanol–water partition coefficient (Wildman–Crippen LogP) is 4.50. The average molecular weight is 442 g/mol. The number of amides is 1. The third-order valence-electron chi connectivity index (χ3n) is 4.27. The van der Waals surface area contributed by atoms with E-state index in [0.717, 1.165) is 25.7 Å². The molecule has 2 N–H and O–H groups in total. The Balaban J connectivity index is 4.56. The third kappa shape index (κ3) is 19.3. The van der Waals surface area contributed by atoms with Gasteiger partial charge in [0.15, 0.2) is 0 Å². The van der Waals surface area contributed by atoms with Gasteiger partial charge in [0.1, 0.15) is 13.2 Å². The number of carbonyl (C=O) groups is 1. The molecule has 0 aliphatic rings. The molecular weight excluding hydrogens is 391 g/mol. The van der Waals surface area contributed by atoms with Crippen molar-refractivity contribution in [2.45, 2.75) is 84.6 Å². The van der Waals surface area contributed by atoms with Gasteiger partial charge >= 0.3 is 7.82 Å². The molecule has 0 saturated heterocycles.